The standard InChI is InChI=1S/C20H26/c1-5-10-18-13-15(3)16(4)14-20(18)19(6-2)17-11-8-7-9-12-17/h7-9,11-14,19H,5-6,10H2,1-4H3. The second-order valence-corrected chi connectivity index (χ2v) is 5.76. The Kier molecular flexibility index (Phi) is 5.00. The van der Waals surface area contributed by atoms with Gasteiger partial charge in [0, 0.05) is 5.92 Å². The minimum absolute atomic E-state index is 0.525. The lowest BCUT2D eigenvalue weighted by Gasteiger charge is -2.21. The Morgan fingerprint density at radius 1 is 0.900 bits per heavy atom. The summed E-state index contributed by atoms with van der Waals surface area (Å²) < 4.78 is 0. The fourth-order valence-corrected chi connectivity index (χ4v) is 3.03. The zero-order valence-electron chi connectivity index (χ0n) is 13.2. The molecule has 0 saturated heterocycles. The molecule has 1 unspecified atom stereocenters. The van der Waals surface area contributed by atoms with Gasteiger partial charge in [0.2, 0.25) is 0 Å². The maximum Gasteiger partial charge on any atom is 0.00895 e. The van der Waals surface area contributed by atoms with Gasteiger partial charge in [0.15, 0.2) is 0 Å². The fraction of sp³-hybridized carbons (Fsp3) is 0.400. The van der Waals surface area contributed by atoms with Crippen molar-refractivity contribution in [3.05, 3.63) is 70.3 Å². The monoisotopic (exact) mass is 266 g/mol. The molecule has 2 aromatic rings. The fourth-order valence-electron chi connectivity index (χ4n) is 3.03. The van der Waals surface area contributed by atoms with E-state index in [0.29, 0.717) is 5.92 Å². The summed E-state index contributed by atoms with van der Waals surface area (Å²) in [5.74, 6) is 0.525. The van der Waals surface area contributed by atoms with E-state index in [0.717, 1.165) is 6.42 Å². The molecule has 20 heavy (non-hydrogen) atoms. The van der Waals surface area contributed by atoms with Gasteiger partial charge in [0.05, 0.1) is 0 Å². The highest BCUT2D eigenvalue weighted by molar-refractivity contribution is 5.43. The SMILES string of the molecule is CCCc1cc(C)c(C)cc1C(CC)c1ccccc1. The number of rotatable bonds is 5. The van der Waals surface area contributed by atoms with E-state index in [2.05, 4.69) is 70.2 Å². The number of hydrogen-bond acceptors (Lipinski definition) is 0. The van der Waals surface area contributed by atoms with Crippen LogP contribution in [0.15, 0.2) is 42.5 Å². The second-order valence-electron chi connectivity index (χ2n) is 5.76. The Hall–Kier alpha value is -1.56. The zero-order valence-corrected chi connectivity index (χ0v) is 13.2. The predicted octanol–water partition coefficient (Wildman–Crippen LogP) is 5.80. The zero-order chi connectivity index (χ0) is 14.5. The van der Waals surface area contributed by atoms with Crippen LogP contribution in [0.25, 0.3) is 0 Å². The van der Waals surface area contributed by atoms with Crippen LogP contribution in [0.5, 0.6) is 0 Å². The quantitative estimate of drug-likeness (QED) is 0.641. The molecule has 0 heteroatoms. The Morgan fingerprint density at radius 2 is 1.55 bits per heavy atom. The number of aryl methyl sites for hydroxylation is 3. The first-order chi connectivity index (χ1) is 9.67. The first kappa shape index (κ1) is 14.8. The Balaban J connectivity index is 2.51. The summed E-state index contributed by atoms with van der Waals surface area (Å²) in [6, 6.07) is 15.8. The van der Waals surface area contributed by atoms with Crippen LogP contribution in [0.3, 0.4) is 0 Å². The van der Waals surface area contributed by atoms with Crippen LogP contribution in [0.4, 0.5) is 0 Å². The van der Waals surface area contributed by atoms with Crippen molar-refractivity contribution in [1.29, 1.82) is 0 Å². The van der Waals surface area contributed by atoms with Crippen molar-refractivity contribution in [2.24, 2.45) is 0 Å². The van der Waals surface area contributed by atoms with Gasteiger partial charge in [-0.15, -0.1) is 0 Å². The highest BCUT2D eigenvalue weighted by Crippen LogP contribution is 2.32. The van der Waals surface area contributed by atoms with Gasteiger partial charge in [0.25, 0.3) is 0 Å². The van der Waals surface area contributed by atoms with E-state index < -0.39 is 0 Å². The van der Waals surface area contributed by atoms with Crippen molar-refractivity contribution < 1.29 is 0 Å². The molecule has 2 aromatic carbocycles. The molecule has 0 N–H and O–H groups in total. The summed E-state index contributed by atoms with van der Waals surface area (Å²) in [4.78, 5) is 0. The van der Waals surface area contributed by atoms with Crippen LogP contribution < -0.4 is 0 Å². The van der Waals surface area contributed by atoms with Crippen molar-refractivity contribution in [3.63, 3.8) is 0 Å². The molecule has 2 rings (SSSR count). The van der Waals surface area contributed by atoms with Gasteiger partial charge in [0.1, 0.15) is 0 Å². The summed E-state index contributed by atoms with van der Waals surface area (Å²) in [5.41, 5.74) is 7.33. The van der Waals surface area contributed by atoms with Gasteiger partial charge in [-0.05, 0) is 54.5 Å². The van der Waals surface area contributed by atoms with Gasteiger partial charge in [-0.3, -0.25) is 0 Å². The molecule has 1 atom stereocenters. The molecule has 0 aliphatic heterocycles. The molecule has 0 saturated carbocycles. The van der Waals surface area contributed by atoms with Crippen molar-refractivity contribution in [1.82, 2.24) is 0 Å². The minimum atomic E-state index is 0.525. The first-order valence-electron chi connectivity index (χ1n) is 7.82. The topological polar surface area (TPSA) is 0 Å². The van der Waals surface area contributed by atoms with E-state index in [-0.39, 0.29) is 0 Å². The molecular formula is C20H26. The minimum Gasteiger partial charge on any atom is -0.0651 e. The van der Waals surface area contributed by atoms with Crippen LogP contribution in [-0.2, 0) is 6.42 Å². The molecule has 0 amide bonds. The van der Waals surface area contributed by atoms with E-state index in [1.165, 1.54) is 40.7 Å². The van der Waals surface area contributed by atoms with Crippen molar-refractivity contribution in [3.8, 4) is 0 Å². The van der Waals surface area contributed by atoms with E-state index in [4.69, 9.17) is 0 Å². The van der Waals surface area contributed by atoms with Gasteiger partial charge < -0.3 is 0 Å². The average Bonchev–Trinajstić information content (AvgIpc) is 2.46. The van der Waals surface area contributed by atoms with Gasteiger partial charge >= 0.3 is 0 Å². The molecule has 0 radical (unpaired) electrons. The molecule has 106 valence electrons. The molecule has 0 bridgehead atoms. The number of hydrogen-bond donors (Lipinski definition) is 0. The van der Waals surface area contributed by atoms with E-state index in [1.54, 1.807) is 0 Å². The van der Waals surface area contributed by atoms with Gasteiger partial charge in [-0.1, -0.05) is 62.7 Å². The van der Waals surface area contributed by atoms with Gasteiger partial charge in [-0.25, -0.2) is 0 Å². The Morgan fingerprint density at radius 3 is 2.15 bits per heavy atom. The Bertz CT molecular complexity index is 552. The molecule has 0 aromatic heterocycles. The molecule has 0 heterocycles. The van der Waals surface area contributed by atoms with Crippen molar-refractivity contribution in [2.75, 3.05) is 0 Å². The third-order valence-corrected chi connectivity index (χ3v) is 4.26. The summed E-state index contributed by atoms with van der Waals surface area (Å²) >= 11 is 0. The number of benzene rings is 2. The van der Waals surface area contributed by atoms with Crippen LogP contribution in [0, 0.1) is 13.8 Å². The third kappa shape index (κ3) is 3.12. The first-order valence-corrected chi connectivity index (χ1v) is 7.82. The van der Waals surface area contributed by atoms with Crippen molar-refractivity contribution in [2.45, 2.75) is 52.9 Å². The summed E-state index contributed by atoms with van der Waals surface area (Å²) in [6.45, 7) is 9.01. The predicted molar refractivity (Wildman–Crippen MR) is 88.5 cm³/mol. The smallest absolute Gasteiger partial charge is 0.00895 e. The molecular weight excluding hydrogens is 240 g/mol. The molecule has 0 aliphatic carbocycles. The average molecular weight is 266 g/mol. The van der Waals surface area contributed by atoms with E-state index >= 15 is 0 Å². The second kappa shape index (κ2) is 6.74. The Labute approximate surface area is 123 Å². The summed E-state index contributed by atoms with van der Waals surface area (Å²) in [7, 11) is 0. The largest absolute Gasteiger partial charge is 0.0651 e. The maximum absolute atomic E-state index is 2.42. The van der Waals surface area contributed by atoms with E-state index in [1.807, 2.05) is 0 Å². The molecule has 0 fully saturated rings. The van der Waals surface area contributed by atoms with Crippen LogP contribution in [0.2, 0.25) is 0 Å². The lowest BCUT2D eigenvalue weighted by molar-refractivity contribution is 0.755. The lowest BCUT2D eigenvalue weighted by Crippen LogP contribution is -2.05. The van der Waals surface area contributed by atoms with Gasteiger partial charge in [-0.2, -0.15) is 0 Å². The molecule has 0 aliphatic rings. The van der Waals surface area contributed by atoms with Crippen LogP contribution in [0.1, 0.15) is 60.4 Å². The molecule has 0 nitrogen and oxygen atoms in total. The van der Waals surface area contributed by atoms with Crippen LogP contribution in [-0.4, -0.2) is 0 Å². The maximum atomic E-state index is 2.42. The summed E-state index contributed by atoms with van der Waals surface area (Å²) in [5, 5.41) is 0. The highest BCUT2D eigenvalue weighted by Gasteiger charge is 2.16. The molecule has 0 spiro atoms. The lowest BCUT2D eigenvalue weighted by atomic mass is 9.83. The summed E-state index contributed by atoms with van der Waals surface area (Å²) in [6.07, 6.45) is 3.55. The third-order valence-electron chi connectivity index (χ3n) is 4.26. The van der Waals surface area contributed by atoms with E-state index in [9.17, 15) is 0 Å². The highest BCUT2D eigenvalue weighted by atomic mass is 14.2. The normalized spacial score (nSPS) is 12.4. The van der Waals surface area contributed by atoms with Crippen molar-refractivity contribution >= 4 is 0 Å². The van der Waals surface area contributed by atoms with Crippen LogP contribution >= 0.6 is 0 Å².